The van der Waals surface area contributed by atoms with Gasteiger partial charge in [0.05, 0.1) is 32.3 Å². The molecule has 1 heterocycles. The number of hydrogen-bond acceptors (Lipinski definition) is 4. The van der Waals surface area contributed by atoms with Gasteiger partial charge in [-0.15, -0.1) is 0 Å². The van der Waals surface area contributed by atoms with Crippen LogP contribution in [-0.2, 0) is 6.42 Å². The van der Waals surface area contributed by atoms with E-state index in [2.05, 4.69) is 12.1 Å². The van der Waals surface area contributed by atoms with Crippen molar-refractivity contribution in [2.24, 2.45) is 0 Å². The number of rotatable bonds is 4. The van der Waals surface area contributed by atoms with Gasteiger partial charge in [-0.3, -0.25) is 0 Å². The van der Waals surface area contributed by atoms with Crippen LogP contribution in [0, 0.1) is 11.3 Å². The van der Waals surface area contributed by atoms with E-state index in [1.54, 1.807) is 14.2 Å². The Bertz CT molecular complexity index is 803. The van der Waals surface area contributed by atoms with Crippen LogP contribution in [0.1, 0.15) is 16.7 Å². The molecular weight excluding hydrogens is 290 g/mol. The van der Waals surface area contributed by atoms with Gasteiger partial charge in [-0.05, 0) is 22.8 Å². The summed E-state index contributed by atoms with van der Waals surface area (Å²) in [6.45, 7) is 0.450. The van der Waals surface area contributed by atoms with E-state index >= 15 is 0 Å². The lowest BCUT2D eigenvalue weighted by atomic mass is 9.95. The molecule has 0 saturated heterocycles. The van der Waals surface area contributed by atoms with Crippen LogP contribution in [0.25, 0.3) is 11.6 Å². The molecule has 2 aromatic rings. The molecule has 4 nitrogen and oxygen atoms in total. The Morgan fingerprint density at radius 3 is 2.74 bits per heavy atom. The second-order valence-corrected chi connectivity index (χ2v) is 5.19. The minimum Gasteiger partial charge on any atom is -0.496 e. The van der Waals surface area contributed by atoms with Crippen molar-refractivity contribution < 1.29 is 14.2 Å². The summed E-state index contributed by atoms with van der Waals surface area (Å²) in [5.41, 5.74) is 3.96. The molecule has 0 aromatic heterocycles. The first-order valence-corrected chi connectivity index (χ1v) is 7.31. The predicted octanol–water partition coefficient (Wildman–Crippen LogP) is 3.70. The predicted molar refractivity (Wildman–Crippen MR) is 88.7 cm³/mol. The van der Waals surface area contributed by atoms with Crippen LogP contribution < -0.4 is 14.2 Å². The summed E-state index contributed by atoms with van der Waals surface area (Å²) in [6, 6.07) is 13.8. The maximum atomic E-state index is 9.01. The van der Waals surface area contributed by atoms with E-state index in [0.717, 1.165) is 28.0 Å². The molecule has 0 aliphatic carbocycles. The van der Waals surface area contributed by atoms with Crippen molar-refractivity contribution in [1.29, 1.82) is 5.26 Å². The summed E-state index contributed by atoms with van der Waals surface area (Å²) in [4.78, 5) is 0. The number of hydrogen-bond donors (Lipinski definition) is 0. The fraction of sp³-hybridized carbons (Fsp3) is 0.211. The van der Waals surface area contributed by atoms with Gasteiger partial charge < -0.3 is 14.2 Å². The minimum absolute atomic E-state index is 0.375. The second-order valence-electron chi connectivity index (χ2n) is 5.19. The van der Waals surface area contributed by atoms with Crippen molar-refractivity contribution in [3.63, 3.8) is 0 Å². The first-order valence-electron chi connectivity index (χ1n) is 7.31. The monoisotopic (exact) mass is 307 g/mol. The van der Waals surface area contributed by atoms with Crippen LogP contribution >= 0.6 is 0 Å². The number of nitrogens with zero attached hydrogens (tertiary/aromatic N) is 1. The summed E-state index contributed by atoms with van der Waals surface area (Å²) < 4.78 is 16.6. The molecule has 0 saturated carbocycles. The fourth-order valence-corrected chi connectivity index (χ4v) is 2.73. The summed E-state index contributed by atoms with van der Waals surface area (Å²) in [7, 11) is 3.24. The molecule has 4 heteroatoms. The maximum absolute atomic E-state index is 9.01. The molecule has 0 amide bonds. The number of methoxy groups -OCH3 is 2. The van der Waals surface area contributed by atoms with Crippen molar-refractivity contribution in [3.8, 4) is 23.3 Å². The summed E-state index contributed by atoms with van der Waals surface area (Å²) >= 11 is 0. The van der Waals surface area contributed by atoms with Crippen molar-refractivity contribution in [2.75, 3.05) is 20.8 Å². The Morgan fingerprint density at radius 1 is 1.17 bits per heavy atom. The van der Waals surface area contributed by atoms with Gasteiger partial charge in [0.15, 0.2) is 0 Å². The third kappa shape index (κ3) is 2.86. The van der Waals surface area contributed by atoms with E-state index in [9.17, 15) is 0 Å². The summed E-state index contributed by atoms with van der Waals surface area (Å²) in [5, 5.41) is 9.01. The zero-order valence-electron chi connectivity index (χ0n) is 13.1. The highest BCUT2D eigenvalue weighted by Gasteiger charge is 2.19. The number of nitriles is 1. The number of benzene rings is 2. The minimum atomic E-state index is 0.375. The third-order valence-electron chi connectivity index (χ3n) is 3.87. The maximum Gasteiger partial charge on any atom is 0.134 e. The number of fused-ring (bicyclic) bond motifs is 1. The normalized spacial score (nSPS) is 12.5. The molecule has 0 N–H and O–H groups in total. The molecule has 0 bridgehead atoms. The highest BCUT2D eigenvalue weighted by atomic mass is 16.5. The SMILES string of the molecule is COc1cc(OC)c2c(c1)OCC(c1ccccc1CC#N)=C2. The highest BCUT2D eigenvalue weighted by molar-refractivity contribution is 5.88. The average Bonchev–Trinajstić information content (AvgIpc) is 2.61. The van der Waals surface area contributed by atoms with Crippen molar-refractivity contribution in [2.45, 2.75) is 6.42 Å². The van der Waals surface area contributed by atoms with E-state index in [1.165, 1.54) is 0 Å². The third-order valence-corrected chi connectivity index (χ3v) is 3.87. The van der Waals surface area contributed by atoms with Gasteiger partial charge in [-0.1, -0.05) is 24.3 Å². The molecule has 23 heavy (non-hydrogen) atoms. The zero-order valence-corrected chi connectivity index (χ0v) is 13.1. The molecule has 0 radical (unpaired) electrons. The first kappa shape index (κ1) is 15.0. The molecule has 3 rings (SSSR count). The lowest BCUT2D eigenvalue weighted by Gasteiger charge is -2.22. The zero-order chi connectivity index (χ0) is 16.2. The van der Waals surface area contributed by atoms with Crippen LogP contribution in [0.2, 0.25) is 0 Å². The van der Waals surface area contributed by atoms with Gasteiger partial charge in [0.1, 0.15) is 23.9 Å². The molecule has 0 atom stereocenters. The van der Waals surface area contributed by atoms with Crippen LogP contribution in [0.4, 0.5) is 0 Å². The van der Waals surface area contributed by atoms with E-state index in [1.807, 2.05) is 36.4 Å². The van der Waals surface area contributed by atoms with Gasteiger partial charge in [-0.25, -0.2) is 0 Å². The largest absolute Gasteiger partial charge is 0.496 e. The Hall–Kier alpha value is -2.93. The summed E-state index contributed by atoms with van der Waals surface area (Å²) in [5.74, 6) is 2.14. The second kappa shape index (κ2) is 6.45. The van der Waals surface area contributed by atoms with Gasteiger partial charge in [0.2, 0.25) is 0 Å². The molecule has 0 unspecified atom stereocenters. The van der Waals surface area contributed by atoms with Crippen LogP contribution in [-0.4, -0.2) is 20.8 Å². The van der Waals surface area contributed by atoms with Crippen LogP contribution in [0.3, 0.4) is 0 Å². The van der Waals surface area contributed by atoms with Crippen molar-refractivity contribution in [3.05, 3.63) is 53.1 Å². The van der Waals surface area contributed by atoms with Crippen LogP contribution in [0.5, 0.6) is 17.2 Å². The quantitative estimate of drug-likeness (QED) is 0.864. The van der Waals surface area contributed by atoms with Gasteiger partial charge in [0, 0.05) is 12.1 Å². The topological polar surface area (TPSA) is 51.5 Å². The van der Waals surface area contributed by atoms with Gasteiger partial charge >= 0.3 is 0 Å². The van der Waals surface area contributed by atoms with Crippen molar-refractivity contribution in [1.82, 2.24) is 0 Å². The van der Waals surface area contributed by atoms with E-state index < -0.39 is 0 Å². The Labute approximate surface area is 135 Å². The lowest BCUT2D eigenvalue weighted by molar-refractivity contribution is 0.348. The standard InChI is InChI=1S/C19H17NO3/c1-21-15-10-18(22-2)17-9-14(12-23-19(17)11-15)16-6-4-3-5-13(16)7-8-20/h3-6,9-11H,7,12H2,1-2H3. The summed E-state index contributed by atoms with van der Waals surface area (Å²) in [6.07, 6.45) is 2.44. The Balaban J connectivity index is 2.09. The molecule has 1 aliphatic heterocycles. The van der Waals surface area contributed by atoms with Gasteiger partial charge in [-0.2, -0.15) is 5.26 Å². The Morgan fingerprint density at radius 2 is 2.00 bits per heavy atom. The fourth-order valence-electron chi connectivity index (χ4n) is 2.73. The molecule has 0 spiro atoms. The van der Waals surface area contributed by atoms with E-state index in [-0.39, 0.29) is 0 Å². The van der Waals surface area contributed by atoms with Crippen molar-refractivity contribution >= 4 is 11.6 Å². The smallest absolute Gasteiger partial charge is 0.134 e. The molecular formula is C19H17NO3. The molecule has 1 aliphatic rings. The van der Waals surface area contributed by atoms with Gasteiger partial charge in [0.25, 0.3) is 0 Å². The highest BCUT2D eigenvalue weighted by Crippen LogP contribution is 2.40. The van der Waals surface area contributed by atoms with Crippen LogP contribution in [0.15, 0.2) is 36.4 Å². The molecule has 2 aromatic carbocycles. The Kier molecular flexibility index (Phi) is 4.20. The number of ether oxygens (including phenoxy) is 3. The average molecular weight is 307 g/mol. The lowest BCUT2D eigenvalue weighted by Crippen LogP contribution is -2.09. The first-order chi connectivity index (χ1) is 11.3. The molecule has 116 valence electrons. The van der Waals surface area contributed by atoms with E-state index in [4.69, 9.17) is 19.5 Å². The van der Waals surface area contributed by atoms with E-state index in [0.29, 0.717) is 24.5 Å². The molecule has 0 fully saturated rings.